The Hall–Kier alpha value is -0.0800. The lowest BCUT2D eigenvalue weighted by Gasteiger charge is -2.26. The van der Waals surface area contributed by atoms with Gasteiger partial charge in [-0.25, -0.2) is 0 Å². The van der Waals surface area contributed by atoms with E-state index in [4.69, 9.17) is 10.5 Å². The van der Waals surface area contributed by atoms with E-state index in [1.165, 1.54) is 19.3 Å². The molecule has 0 aromatic carbocycles. The highest BCUT2D eigenvalue weighted by Crippen LogP contribution is 1.98. The van der Waals surface area contributed by atoms with Crippen molar-refractivity contribution in [3.63, 3.8) is 0 Å². The molecule has 3 N–H and O–H groups in total. The number of aliphatic imine (C=N–C) groups is 1. The predicted molar refractivity (Wildman–Crippen MR) is 91.3 cm³/mol. The van der Waals surface area contributed by atoms with Gasteiger partial charge in [0.1, 0.15) is 0 Å². The third-order valence-corrected chi connectivity index (χ3v) is 3.13. The summed E-state index contributed by atoms with van der Waals surface area (Å²) in [5.74, 6) is 0.583. The molecular weight excluding hydrogens is 355 g/mol. The van der Waals surface area contributed by atoms with Gasteiger partial charge in [0.2, 0.25) is 0 Å². The van der Waals surface area contributed by atoms with Crippen LogP contribution in [0.4, 0.5) is 0 Å². The van der Waals surface area contributed by atoms with Gasteiger partial charge < -0.3 is 15.8 Å². The fraction of sp³-hybridized carbons (Fsp3) is 0.923. The van der Waals surface area contributed by atoms with E-state index >= 15 is 0 Å². The van der Waals surface area contributed by atoms with Crippen LogP contribution in [-0.4, -0.2) is 56.8 Å². The Balaban J connectivity index is 0.00000324. The zero-order valence-electron chi connectivity index (χ0n) is 12.1. The van der Waals surface area contributed by atoms with Crippen molar-refractivity contribution in [1.29, 1.82) is 0 Å². The highest BCUT2D eigenvalue weighted by molar-refractivity contribution is 14.0. The molecule has 0 saturated carbocycles. The summed E-state index contributed by atoms with van der Waals surface area (Å²) in [4.78, 5) is 6.70. The molecular formula is C13H29IN4O. The van der Waals surface area contributed by atoms with Gasteiger partial charge in [0.25, 0.3) is 0 Å². The molecule has 0 amide bonds. The van der Waals surface area contributed by atoms with Gasteiger partial charge in [-0.2, -0.15) is 0 Å². The molecule has 0 bridgehead atoms. The SMILES string of the molecule is CCCCCCN=C(N)NCCN1CCOCC1.I. The first-order chi connectivity index (χ1) is 8.83. The zero-order chi connectivity index (χ0) is 13.1. The van der Waals surface area contributed by atoms with Gasteiger partial charge in [0.05, 0.1) is 13.2 Å². The van der Waals surface area contributed by atoms with Crippen LogP contribution >= 0.6 is 24.0 Å². The Morgan fingerprint density at radius 2 is 2.00 bits per heavy atom. The average Bonchev–Trinajstić information content (AvgIpc) is 2.40. The number of hydrogen-bond acceptors (Lipinski definition) is 3. The summed E-state index contributed by atoms with van der Waals surface area (Å²) < 4.78 is 5.30. The van der Waals surface area contributed by atoms with Crippen LogP contribution in [0.25, 0.3) is 0 Å². The molecule has 0 aromatic rings. The highest BCUT2D eigenvalue weighted by Gasteiger charge is 2.08. The van der Waals surface area contributed by atoms with Gasteiger partial charge >= 0.3 is 0 Å². The van der Waals surface area contributed by atoms with E-state index in [-0.39, 0.29) is 24.0 Å². The minimum atomic E-state index is 0. The first-order valence-electron chi connectivity index (χ1n) is 7.17. The summed E-state index contributed by atoms with van der Waals surface area (Å²) >= 11 is 0. The second kappa shape index (κ2) is 12.9. The second-order valence-corrected chi connectivity index (χ2v) is 4.71. The lowest BCUT2D eigenvalue weighted by Crippen LogP contribution is -2.42. The number of rotatable bonds is 8. The normalized spacial score (nSPS) is 17.0. The third-order valence-electron chi connectivity index (χ3n) is 3.13. The van der Waals surface area contributed by atoms with Gasteiger partial charge in [-0.3, -0.25) is 9.89 Å². The summed E-state index contributed by atoms with van der Waals surface area (Å²) in [7, 11) is 0. The molecule has 1 fully saturated rings. The second-order valence-electron chi connectivity index (χ2n) is 4.71. The number of hydrogen-bond donors (Lipinski definition) is 2. The van der Waals surface area contributed by atoms with Crippen LogP contribution in [0.2, 0.25) is 0 Å². The van der Waals surface area contributed by atoms with Crippen LogP contribution in [-0.2, 0) is 4.74 Å². The molecule has 0 spiro atoms. The summed E-state index contributed by atoms with van der Waals surface area (Å²) in [6.45, 7) is 8.68. The number of nitrogens with one attached hydrogen (secondary N) is 1. The van der Waals surface area contributed by atoms with E-state index in [1.807, 2.05) is 0 Å². The standard InChI is InChI=1S/C13H28N4O.HI/c1-2-3-4-5-6-15-13(14)16-7-8-17-9-11-18-12-10-17;/h2-12H2,1H3,(H3,14,15,16);1H. The minimum Gasteiger partial charge on any atom is -0.379 e. The first-order valence-corrected chi connectivity index (χ1v) is 7.17. The number of ether oxygens (including phenoxy) is 1. The van der Waals surface area contributed by atoms with Gasteiger partial charge in [0, 0.05) is 32.7 Å². The van der Waals surface area contributed by atoms with Crippen molar-refractivity contribution < 1.29 is 4.74 Å². The molecule has 1 saturated heterocycles. The fourth-order valence-corrected chi connectivity index (χ4v) is 1.96. The molecule has 5 nitrogen and oxygen atoms in total. The Morgan fingerprint density at radius 1 is 1.26 bits per heavy atom. The largest absolute Gasteiger partial charge is 0.379 e. The van der Waals surface area contributed by atoms with Crippen LogP contribution in [0, 0.1) is 0 Å². The molecule has 0 aromatic heterocycles. The van der Waals surface area contributed by atoms with Crippen LogP contribution in [0.15, 0.2) is 4.99 Å². The summed E-state index contributed by atoms with van der Waals surface area (Å²) in [5.41, 5.74) is 5.80. The minimum absolute atomic E-state index is 0. The average molecular weight is 384 g/mol. The molecule has 1 aliphatic heterocycles. The van der Waals surface area contributed by atoms with E-state index in [0.29, 0.717) is 5.96 Å². The molecule has 114 valence electrons. The number of guanidine groups is 1. The van der Waals surface area contributed by atoms with E-state index in [1.54, 1.807) is 0 Å². The van der Waals surface area contributed by atoms with E-state index in [2.05, 4.69) is 22.1 Å². The van der Waals surface area contributed by atoms with Crippen molar-refractivity contribution in [3.05, 3.63) is 0 Å². The van der Waals surface area contributed by atoms with Gasteiger partial charge in [-0.1, -0.05) is 26.2 Å². The van der Waals surface area contributed by atoms with Crippen LogP contribution in [0.1, 0.15) is 32.6 Å². The summed E-state index contributed by atoms with van der Waals surface area (Å²) in [6.07, 6.45) is 4.94. The van der Waals surface area contributed by atoms with Crippen molar-refractivity contribution in [2.45, 2.75) is 32.6 Å². The van der Waals surface area contributed by atoms with Crippen molar-refractivity contribution in [3.8, 4) is 0 Å². The number of morpholine rings is 1. The number of nitrogens with zero attached hydrogens (tertiary/aromatic N) is 2. The lowest BCUT2D eigenvalue weighted by atomic mass is 10.2. The Kier molecular flexibility index (Phi) is 12.9. The molecule has 6 heteroatoms. The molecule has 0 radical (unpaired) electrons. The van der Waals surface area contributed by atoms with E-state index in [0.717, 1.165) is 52.4 Å². The first kappa shape index (κ1) is 18.9. The maximum Gasteiger partial charge on any atom is 0.188 e. The smallest absolute Gasteiger partial charge is 0.188 e. The zero-order valence-corrected chi connectivity index (χ0v) is 14.4. The van der Waals surface area contributed by atoms with Gasteiger partial charge in [-0.15, -0.1) is 24.0 Å². The number of halogens is 1. The summed E-state index contributed by atoms with van der Waals surface area (Å²) in [6, 6.07) is 0. The Bertz CT molecular complexity index is 233. The molecule has 1 aliphatic rings. The van der Waals surface area contributed by atoms with Gasteiger partial charge in [-0.05, 0) is 6.42 Å². The number of nitrogens with two attached hydrogens (primary N) is 1. The van der Waals surface area contributed by atoms with Crippen molar-refractivity contribution in [1.82, 2.24) is 10.2 Å². The lowest BCUT2D eigenvalue weighted by molar-refractivity contribution is 0.0389. The Labute approximate surface area is 134 Å². The van der Waals surface area contributed by atoms with Crippen LogP contribution < -0.4 is 11.1 Å². The monoisotopic (exact) mass is 384 g/mol. The molecule has 1 heterocycles. The molecule has 19 heavy (non-hydrogen) atoms. The topological polar surface area (TPSA) is 62.9 Å². The molecule has 0 unspecified atom stereocenters. The van der Waals surface area contributed by atoms with Crippen molar-refractivity contribution >= 4 is 29.9 Å². The molecule has 1 rings (SSSR count). The quantitative estimate of drug-likeness (QED) is 0.288. The van der Waals surface area contributed by atoms with Crippen LogP contribution in [0.3, 0.4) is 0 Å². The predicted octanol–water partition coefficient (Wildman–Crippen LogP) is 1.42. The van der Waals surface area contributed by atoms with Crippen molar-refractivity contribution in [2.75, 3.05) is 45.9 Å². The third kappa shape index (κ3) is 10.4. The van der Waals surface area contributed by atoms with Crippen LogP contribution in [0.5, 0.6) is 0 Å². The Morgan fingerprint density at radius 3 is 2.68 bits per heavy atom. The molecule has 0 atom stereocenters. The van der Waals surface area contributed by atoms with E-state index in [9.17, 15) is 0 Å². The molecule has 0 aliphatic carbocycles. The maximum absolute atomic E-state index is 5.80. The summed E-state index contributed by atoms with van der Waals surface area (Å²) in [5, 5.41) is 3.17. The van der Waals surface area contributed by atoms with Gasteiger partial charge in [0.15, 0.2) is 5.96 Å². The van der Waals surface area contributed by atoms with E-state index < -0.39 is 0 Å². The maximum atomic E-state index is 5.80. The fourth-order valence-electron chi connectivity index (χ4n) is 1.96. The highest BCUT2D eigenvalue weighted by atomic mass is 127. The number of unbranched alkanes of at least 4 members (excludes halogenated alkanes) is 3. The van der Waals surface area contributed by atoms with Crippen molar-refractivity contribution in [2.24, 2.45) is 10.7 Å².